The standard InChI is InChI=1S/C31H31ClF4N4O3/c1-29(2,3)43-28(42)40-18-24-14-25(40)17-39(24)27(41)38-30(15-19-7-5-4-6-8-19,26-10-9-22(32)16-37-26)20-11-21(31(34,35)36)13-23(33)12-20/h4-13,16,24-25H,14-15,17-18H2,1-3H3,(H,38,41)/t24-,25-,30-/m0/s1. The van der Waals surface area contributed by atoms with E-state index in [0.717, 1.165) is 12.1 Å². The number of carbonyl (C=O) groups is 2. The number of hydrogen-bond acceptors (Lipinski definition) is 4. The predicted molar refractivity (Wildman–Crippen MR) is 152 cm³/mol. The van der Waals surface area contributed by atoms with Gasteiger partial charge < -0.3 is 19.9 Å². The molecule has 3 aromatic rings. The first kappa shape index (κ1) is 30.6. The highest BCUT2D eigenvalue weighted by Gasteiger charge is 2.50. The number of urea groups is 1. The quantitative estimate of drug-likeness (QED) is 0.320. The average Bonchev–Trinajstić information content (AvgIpc) is 3.54. The lowest BCUT2D eigenvalue weighted by molar-refractivity contribution is -0.137. The number of rotatable bonds is 5. The normalized spacial score (nSPS) is 19.7. The number of likely N-dealkylation sites (tertiary alicyclic amines) is 2. The number of alkyl halides is 3. The second kappa shape index (κ2) is 11.3. The van der Waals surface area contributed by atoms with Gasteiger partial charge in [0.2, 0.25) is 0 Å². The molecule has 0 unspecified atom stereocenters. The fourth-order valence-electron chi connectivity index (χ4n) is 5.77. The molecular weight excluding hydrogens is 588 g/mol. The lowest BCUT2D eigenvalue weighted by Gasteiger charge is -2.40. The predicted octanol–water partition coefficient (Wildman–Crippen LogP) is 6.78. The Kier molecular flexibility index (Phi) is 8.06. The van der Waals surface area contributed by atoms with Gasteiger partial charge >= 0.3 is 18.3 Å². The molecule has 2 saturated heterocycles. The van der Waals surface area contributed by atoms with E-state index in [2.05, 4.69) is 10.3 Å². The lowest BCUT2D eigenvalue weighted by atomic mass is 9.79. The van der Waals surface area contributed by atoms with Crippen LogP contribution in [0.3, 0.4) is 0 Å². The molecule has 2 fully saturated rings. The Labute approximate surface area is 251 Å². The number of nitrogens with zero attached hydrogens (tertiary/aromatic N) is 3. The van der Waals surface area contributed by atoms with E-state index in [1.54, 1.807) is 60.9 Å². The zero-order valence-corrected chi connectivity index (χ0v) is 24.5. The third-order valence-electron chi connectivity index (χ3n) is 7.64. The second-order valence-corrected chi connectivity index (χ2v) is 12.4. The minimum Gasteiger partial charge on any atom is -0.444 e. The van der Waals surface area contributed by atoms with Crippen LogP contribution < -0.4 is 5.32 Å². The molecule has 3 atom stereocenters. The molecular formula is C31H31ClF4N4O3. The molecule has 43 heavy (non-hydrogen) atoms. The minimum atomic E-state index is -4.84. The van der Waals surface area contributed by atoms with Gasteiger partial charge in [-0.1, -0.05) is 41.9 Å². The van der Waals surface area contributed by atoms with Crippen LogP contribution in [0.2, 0.25) is 5.02 Å². The van der Waals surface area contributed by atoms with E-state index >= 15 is 0 Å². The third kappa shape index (κ3) is 6.56. The Hall–Kier alpha value is -3.86. The van der Waals surface area contributed by atoms with Gasteiger partial charge in [-0.3, -0.25) is 4.98 Å². The monoisotopic (exact) mass is 618 g/mol. The van der Waals surface area contributed by atoms with Crippen molar-refractivity contribution < 1.29 is 31.9 Å². The highest BCUT2D eigenvalue weighted by molar-refractivity contribution is 6.30. The first-order valence-electron chi connectivity index (χ1n) is 13.8. The van der Waals surface area contributed by atoms with Crippen molar-refractivity contribution in [1.82, 2.24) is 20.1 Å². The maximum Gasteiger partial charge on any atom is 0.416 e. The van der Waals surface area contributed by atoms with Gasteiger partial charge in [-0.2, -0.15) is 13.2 Å². The van der Waals surface area contributed by atoms with E-state index in [1.807, 2.05) is 0 Å². The lowest BCUT2D eigenvalue weighted by Crippen LogP contribution is -2.58. The van der Waals surface area contributed by atoms with E-state index in [1.165, 1.54) is 18.3 Å². The van der Waals surface area contributed by atoms with E-state index in [9.17, 15) is 27.2 Å². The SMILES string of the molecule is CC(C)(C)OC(=O)N1C[C@@H]2C[C@H]1CN2C(=O)N[C@@](Cc1ccccc1)(c1cc(F)cc(C(F)(F)F)c1)c1ccc(Cl)cn1. The van der Waals surface area contributed by atoms with Crippen LogP contribution in [0.1, 0.15) is 49.6 Å². The zero-order valence-electron chi connectivity index (χ0n) is 23.8. The molecule has 2 aliphatic rings. The summed E-state index contributed by atoms with van der Waals surface area (Å²) in [7, 11) is 0. The number of fused-ring (bicyclic) bond motifs is 2. The number of hydrogen-bond donors (Lipinski definition) is 1. The third-order valence-corrected chi connectivity index (χ3v) is 7.87. The summed E-state index contributed by atoms with van der Waals surface area (Å²) in [5, 5.41) is 3.23. The van der Waals surface area contributed by atoms with Crippen LogP contribution in [0, 0.1) is 5.82 Å². The van der Waals surface area contributed by atoms with Crippen molar-refractivity contribution in [1.29, 1.82) is 0 Å². The summed E-state index contributed by atoms with van der Waals surface area (Å²) in [5.41, 5.74) is -2.90. The molecule has 7 nitrogen and oxygen atoms in total. The van der Waals surface area contributed by atoms with Gasteiger partial charge in [-0.15, -0.1) is 0 Å². The van der Waals surface area contributed by atoms with Gasteiger partial charge in [0, 0.05) is 25.7 Å². The Morgan fingerprint density at radius 1 is 0.977 bits per heavy atom. The summed E-state index contributed by atoms with van der Waals surface area (Å²) in [5.74, 6) is -1.11. The van der Waals surface area contributed by atoms with Gasteiger partial charge in [0.25, 0.3) is 0 Å². The van der Waals surface area contributed by atoms with Gasteiger partial charge in [0.15, 0.2) is 0 Å². The Bertz CT molecular complexity index is 1500. The molecule has 0 radical (unpaired) electrons. The van der Waals surface area contributed by atoms with Crippen LogP contribution in [0.15, 0.2) is 66.9 Å². The molecule has 1 aromatic heterocycles. The molecule has 228 valence electrons. The number of piperazine rings is 1. The van der Waals surface area contributed by atoms with Crippen LogP contribution >= 0.6 is 11.6 Å². The van der Waals surface area contributed by atoms with Gasteiger partial charge in [-0.05, 0) is 68.7 Å². The molecule has 3 heterocycles. The van der Waals surface area contributed by atoms with Crippen molar-refractivity contribution in [2.45, 2.75) is 63.0 Å². The van der Waals surface area contributed by atoms with Crippen LogP contribution in [-0.4, -0.2) is 57.7 Å². The average molecular weight is 619 g/mol. The largest absolute Gasteiger partial charge is 0.444 e. The molecule has 5 rings (SSSR count). The molecule has 1 N–H and O–H groups in total. The number of aromatic nitrogens is 1. The summed E-state index contributed by atoms with van der Waals surface area (Å²) < 4.78 is 62.1. The van der Waals surface area contributed by atoms with Crippen molar-refractivity contribution in [2.24, 2.45) is 0 Å². The Morgan fingerprint density at radius 3 is 2.21 bits per heavy atom. The Morgan fingerprint density at radius 2 is 1.63 bits per heavy atom. The molecule has 3 amide bonds. The Balaban J connectivity index is 1.55. The summed E-state index contributed by atoms with van der Waals surface area (Å²) in [6.07, 6.45) is -3.50. The molecule has 12 heteroatoms. The first-order valence-corrected chi connectivity index (χ1v) is 14.1. The van der Waals surface area contributed by atoms with Crippen LogP contribution in [-0.2, 0) is 22.9 Å². The number of nitrogens with one attached hydrogen (secondary N) is 1. The second-order valence-electron chi connectivity index (χ2n) is 11.9. The topological polar surface area (TPSA) is 74.8 Å². The van der Waals surface area contributed by atoms with E-state index < -0.39 is 40.8 Å². The summed E-state index contributed by atoms with van der Waals surface area (Å²) in [6.45, 7) is 5.75. The zero-order chi connectivity index (χ0) is 31.2. The van der Waals surface area contributed by atoms with Crippen molar-refractivity contribution in [3.05, 3.63) is 100 Å². The maximum absolute atomic E-state index is 14.9. The van der Waals surface area contributed by atoms with Gasteiger partial charge in [-0.25, -0.2) is 14.0 Å². The fraction of sp³-hybridized carbons (Fsp3) is 0.387. The number of benzene rings is 2. The molecule has 0 saturated carbocycles. The van der Waals surface area contributed by atoms with E-state index in [4.69, 9.17) is 16.3 Å². The van der Waals surface area contributed by atoms with Crippen LogP contribution in [0.25, 0.3) is 0 Å². The fourth-order valence-corrected chi connectivity index (χ4v) is 5.88. The van der Waals surface area contributed by atoms with Crippen molar-refractivity contribution >= 4 is 23.7 Å². The highest BCUT2D eigenvalue weighted by atomic mass is 35.5. The van der Waals surface area contributed by atoms with Crippen LogP contribution in [0.4, 0.5) is 27.2 Å². The molecule has 0 spiro atoms. The molecule has 2 aromatic carbocycles. The van der Waals surface area contributed by atoms with Gasteiger partial charge in [0.1, 0.15) is 17.0 Å². The number of amides is 3. The smallest absolute Gasteiger partial charge is 0.416 e. The number of halogens is 5. The number of ether oxygens (including phenoxy) is 1. The van der Waals surface area contributed by atoms with E-state index in [0.29, 0.717) is 18.1 Å². The van der Waals surface area contributed by atoms with Crippen molar-refractivity contribution in [2.75, 3.05) is 13.1 Å². The molecule has 0 aliphatic carbocycles. The highest BCUT2D eigenvalue weighted by Crippen LogP contribution is 2.39. The van der Waals surface area contributed by atoms with E-state index in [-0.39, 0.29) is 47.9 Å². The van der Waals surface area contributed by atoms with Gasteiger partial charge in [0.05, 0.1) is 28.4 Å². The first-order chi connectivity index (χ1) is 20.1. The summed E-state index contributed by atoms with van der Waals surface area (Å²) in [4.78, 5) is 34.3. The van der Waals surface area contributed by atoms with Crippen molar-refractivity contribution in [3.63, 3.8) is 0 Å². The molecule has 2 aliphatic heterocycles. The minimum absolute atomic E-state index is 0.0407. The number of carbonyl (C=O) groups excluding carboxylic acids is 2. The molecule has 2 bridgehead atoms. The maximum atomic E-state index is 14.9. The summed E-state index contributed by atoms with van der Waals surface area (Å²) in [6, 6.07) is 12.9. The number of pyridine rings is 1. The van der Waals surface area contributed by atoms with Crippen molar-refractivity contribution in [3.8, 4) is 0 Å². The summed E-state index contributed by atoms with van der Waals surface area (Å²) >= 11 is 6.10. The van der Waals surface area contributed by atoms with Crippen LogP contribution in [0.5, 0.6) is 0 Å².